The summed E-state index contributed by atoms with van der Waals surface area (Å²) in [4.78, 5) is 15.3. The first-order chi connectivity index (χ1) is 24.6. The van der Waals surface area contributed by atoms with E-state index < -0.39 is 74.4 Å². The lowest BCUT2D eigenvalue weighted by atomic mass is 9.81. The second kappa shape index (κ2) is 16.4. The molecule has 0 spiro atoms. The van der Waals surface area contributed by atoms with Crippen molar-refractivity contribution in [3.8, 4) is 0 Å². The molecule has 13 nitrogen and oxygen atoms in total. The van der Waals surface area contributed by atoms with Gasteiger partial charge in [-0.15, -0.1) is 0 Å². The minimum atomic E-state index is -1.54. The van der Waals surface area contributed by atoms with Crippen molar-refractivity contribution in [3.05, 3.63) is 66.4 Å². The molecule has 10 atom stereocenters. The Hall–Kier alpha value is -2.95. The van der Waals surface area contributed by atoms with E-state index in [1.807, 2.05) is 12.1 Å². The van der Waals surface area contributed by atoms with E-state index in [-0.39, 0.29) is 31.0 Å². The van der Waals surface area contributed by atoms with Gasteiger partial charge in [0.25, 0.3) is 0 Å². The molecule has 0 aliphatic carbocycles. The van der Waals surface area contributed by atoms with Crippen LogP contribution in [0.5, 0.6) is 0 Å². The van der Waals surface area contributed by atoms with Crippen LogP contribution in [0.15, 0.2) is 60.8 Å². The molecule has 6 fully saturated rings. The van der Waals surface area contributed by atoms with Gasteiger partial charge in [0.05, 0.1) is 19.3 Å². The maximum absolute atomic E-state index is 13.0. The van der Waals surface area contributed by atoms with Crippen molar-refractivity contribution in [2.24, 2.45) is 0 Å². The highest BCUT2D eigenvalue weighted by Crippen LogP contribution is 2.50. The highest BCUT2D eigenvalue weighted by atomic mass is 16.7. The number of nitrogens with one attached hydrogen (secondary N) is 1. The topological polar surface area (TPSA) is 180 Å². The molecule has 0 saturated carbocycles. The first-order valence-corrected chi connectivity index (χ1v) is 18.0. The Morgan fingerprint density at radius 3 is 2.55 bits per heavy atom. The molecule has 2 aromatic rings. The summed E-state index contributed by atoms with van der Waals surface area (Å²) in [5.41, 5.74) is 3.14. The number of amides is 1. The van der Waals surface area contributed by atoms with Gasteiger partial charge in [0.15, 0.2) is 6.29 Å². The molecule has 0 radical (unpaired) electrons. The number of carbonyl (C=O) groups is 1. The van der Waals surface area contributed by atoms with E-state index in [4.69, 9.17) is 23.7 Å². The average Bonchev–Trinajstić information content (AvgIpc) is 3.36. The van der Waals surface area contributed by atoms with Crippen molar-refractivity contribution < 1.29 is 54.0 Å². The molecule has 7 aliphatic rings. The van der Waals surface area contributed by atoms with Gasteiger partial charge in [0, 0.05) is 49.5 Å². The third-order valence-electron chi connectivity index (χ3n) is 10.5. The Labute approximate surface area is 298 Å². The minimum absolute atomic E-state index is 0.0968. The van der Waals surface area contributed by atoms with Crippen molar-refractivity contribution in [2.75, 3.05) is 44.4 Å². The van der Waals surface area contributed by atoms with Crippen LogP contribution in [0.25, 0.3) is 10.8 Å². The Bertz CT molecular complexity index is 1550. The molecule has 0 aromatic heterocycles. The summed E-state index contributed by atoms with van der Waals surface area (Å²) >= 11 is 0. The fraction of sp³-hybridized carbons (Fsp3) is 0.605. The zero-order valence-electron chi connectivity index (χ0n) is 29.3. The molecule has 7 aliphatic heterocycles. The lowest BCUT2D eigenvalue weighted by Gasteiger charge is -2.47. The highest BCUT2D eigenvalue weighted by Gasteiger charge is 2.52. The van der Waals surface area contributed by atoms with Crippen LogP contribution in [-0.4, -0.2) is 132 Å². The van der Waals surface area contributed by atoms with Crippen molar-refractivity contribution >= 4 is 22.4 Å². The fourth-order valence-corrected chi connectivity index (χ4v) is 8.00. The molecule has 51 heavy (non-hydrogen) atoms. The van der Waals surface area contributed by atoms with E-state index in [1.54, 1.807) is 6.08 Å². The zero-order chi connectivity index (χ0) is 36.3. The highest BCUT2D eigenvalue weighted by molar-refractivity contribution is 5.95. The summed E-state index contributed by atoms with van der Waals surface area (Å²) < 4.78 is 29.7. The molecular weight excluding hydrogens is 660 g/mol. The van der Waals surface area contributed by atoms with Crippen molar-refractivity contribution in [2.45, 2.75) is 106 Å². The average molecular weight is 713 g/mol. The van der Waals surface area contributed by atoms with Gasteiger partial charge in [-0.3, -0.25) is 4.79 Å². The van der Waals surface area contributed by atoms with Gasteiger partial charge < -0.3 is 59.4 Å². The van der Waals surface area contributed by atoms with Gasteiger partial charge in [0.1, 0.15) is 48.8 Å². The third-order valence-corrected chi connectivity index (χ3v) is 10.5. The van der Waals surface area contributed by atoms with Crippen LogP contribution < -0.4 is 10.2 Å². The quantitative estimate of drug-likeness (QED) is 0.185. The van der Waals surface area contributed by atoms with E-state index in [9.17, 15) is 30.3 Å². The maximum atomic E-state index is 13.0. The number of benzene rings is 2. The van der Waals surface area contributed by atoms with Crippen LogP contribution in [-0.2, 0) is 33.9 Å². The molecule has 1 amide bonds. The number of aliphatic hydroxyl groups excluding tert-OH is 5. The second-order valence-corrected chi connectivity index (χ2v) is 14.2. The van der Waals surface area contributed by atoms with E-state index in [1.165, 1.54) is 16.3 Å². The van der Waals surface area contributed by atoms with Crippen LogP contribution >= 0.6 is 0 Å². The number of fused-ring (bicyclic) bond motifs is 3. The molecule has 6 N–H and O–H groups in total. The number of allylic oxidation sites excluding steroid dienone is 3. The summed E-state index contributed by atoms with van der Waals surface area (Å²) in [6.45, 7) is 8.58. The maximum Gasteiger partial charge on any atom is 0.221 e. The van der Waals surface area contributed by atoms with E-state index in [0.29, 0.717) is 32.4 Å². The summed E-state index contributed by atoms with van der Waals surface area (Å²) in [5, 5.41) is 58.2. The van der Waals surface area contributed by atoms with E-state index >= 15 is 0 Å². The molecule has 7 heterocycles. The van der Waals surface area contributed by atoms with Crippen LogP contribution in [0.1, 0.15) is 45.1 Å². The lowest BCUT2D eigenvalue weighted by Crippen LogP contribution is -2.64. The van der Waals surface area contributed by atoms with Gasteiger partial charge in [-0.25, -0.2) is 0 Å². The van der Waals surface area contributed by atoms with Gasteiger partial charge >= 0.3 is 0 Å². The predicted molar refractivity (Wildman–Crippen MR) is 188 cm³/mol. The number of ether oxygens (including phenoxy) is 5. The summed E-state index contributed by atoms with van der Waals surface area (Å²) in [6, 6.07) is 12.6. The first-order valence-electron chi connectivity index (χ1n) is 18.0. The number of hydrogen-bond donors (Lipinski definition) is 6. The third kappa shape index (κ3) is 7.61. The van der Waals surface area contributed by atoms with Crippen LogP contribution in [0.2, 0.25) is 0 Å². The van der Waals surface area contributed by atoms with Gasteiger partial charge in [0.2, 0.25) is 5.91 Å². The van der Waals surface area contributed by atoms with Crippen molar-refractivity contribution in [3.63, 3.8) is 0 Å². The Kier molecular flexibility index (Phi) is 12.1. The molecule has 4 bridgehead atoms. The predicted octanol–water partition coefficient (Wildman–Crippen LogP) is 1.41. The molecule has 9 rings (SSSR count). The smallest absolute Gasteiger partial charge is 0.221 e. The summed E-state index contributed by atoms with van der Waals surface area (Å²) in [7, 11) is 0. The number of rotatable bonds is 11. The van der Waals surface area contributed by atoms with Crippen LogP contribution in [0.4, 0.5) is 5.69 Å². The van der Waals surface area contributed by atoms with Gasteiger partial charge in [-0.1, -0.05) is 56.8 Å². The molecule has 1 unspecified atom stereocenters. The van der Waals surface area contributed by atoms with Crippen molar-refractivity contribution in [1.82, 2.24) is 5.32 Å². The Morgan fingerprint density at radius 2 is 1.78 bits per heavy atom. The second-order valence-electron chi connectivity index (χ2n) is 14.2. The molecular formula is C38H52N2O11. The molecule has 6 saturated heterocycles. The zero-order valence-corrected chi connectivity index (χ0v) is 29.3. The minimum Gasteiger partial charge on any atom is -0.394 e. The summed E-state index contributed by atoms with van der Waals surface area (Å²) in [6.07, 6.45) is -5.80. The number of anilines is 1. The number of carbonyl (C=O) groups excluding carboxylic acids is 1. The van der Waals surface area contributed by atoms with Gasteiger partial charge in [-0.05, 0) is 47.7 Å². The lowest BCUT2D eigenvalue weighted by molar-refractivity contribution is -0.344. The normalized spacial score (nSPS) is 34.2. The van der Waals surface area contributed by atoms with Gasteiger partial charge in [-0.2, -0.15) is 0 Å². The molecule has 280 valence electrons. The first kappa shape index (κ1) is 37.8. The standard InChI is InChI=1S/C38H52N2O11/c1-4-9-28-38(2,3)30-23-11-6-5-10-22(23)13-14-24(30)40(28)17-15-29(43)39-16-8-19-48-34-25-12-7-18-47-35-26(20-41)50-37(32(45)31(35)44)51-36(33(34)46)27(21-42)49-25/h4-6,9-11,13-14,25-27,31-37,41-42,44-46H,1,7-8,12,15-21H2,2-3H3,(H,39,43)/b28-9+/t25-,26-,27-,31-,32-,33-,34+,35-,36-,37?/m1/s1. The van der Waals surface area contributed by atoms with E-state index in [0.717, 1.165) is 11.4 Å². The Morgan fingerprint density at radius 1 is 1.02 bits per heavy atom. The number of nitrogens with zero attached hydrogens (tertiary/aromatic N) is 1. The van der Waals surface area contributed by atoms with E-state index in [2.05, 4.69) is 61.0 Å². The number of hydrogen-bond acceptors (Lipinski definition) is 12. The van der Waals surface area contributed by atoms with Crippen LogP contribution in [0, 0.1) is 0 Å². The fourth-order valence-electron chi connectivity index (χ4n) is 8.00. The largest absolute Gasteiger partial charge is 0.394 e. The SMILES string of the molecule is C=C/C=C1/N(CCC(=O)NCCCO[C@@H]2[C@@H](O)[C@@H]3OC4O[C@H](CO)[C@@H](OCCC[C@H]2O[C@@H]3CO)[C@H](O)[C@H]4O)c2ccc3ccccc3c2C1(C)C. The Balaban J connectivity index is 1.04. The van der Waals surface area contributed by atoms with Crippen LogP contribution in [0.3, 0.4) is 0 Å². The monoisotopic (exact) mass is 712 g/mol. The molecule has 13 heteroatoms. The number of aliphatic hydroxyl groups is 5. The van der Waals surface area contributed by atoms with Crippen molar-refractivity contribution in [1.29, 1.82) is 0 Å². The summed E-state index contributed by atoms with van der Waals surface area (Å²) in [5.74, 6) is -0.0968. The molecule has 2 aromatic carbocycles.